The average Bonchev–Trinajstić information content (AvgIpc) is 2.44. The number of hydrogen-bond acceptors (Lipinski definition) is 3. The van der Waals surface area contributed by atoms with E-state index >= 15 is 0 Å². The average molecular weight is 291 g/mol. The largest absolute Gasteiger partial charge is 0.491 e. The molecule has 1 rings (SSSR count). The van der Waals surface area contributed by atoms with Crippen molar-refractivity contribution in [2.45, 2.75) is 45.8 Å². The lowest BCUT2D eigenvalue weighted by Crippen LogP contribution is -2.25. The van der Waals surface area contributed by atoms with Crippen molar-refractivity contribution in [3.63, 3.8) is 0 Å². The predicted octanol–water partition coefficient (Wildman–Crippen LogP) is 2.76. The summed E-state index contributed by atoms with van der Waals surface area (Å²) in [7, 11) is 0. The van der Waals surface area contributed by atoms with Gasteiger partial charge in [0.05, 0.1) is 12.2 Å². The Bertz CT molecular complexity index is 469. The van der Waals surface area contributed by atoms with Gasteiger partial charge in [0.25, 0.3) is 0 Å². The fraction of sp³-hybridized carbons (Fsp3) is 0.471. The van der Waals surface area contributed by atoms with E-state index in [0.717, 1.165) is 11.3 Å². The van der Waals surface area contributed by atoms with Gasteiger partial charge in [-0.3, -0.25) is 4.79 Å². The van der Waals surface area contributed by atoms with Crippen LogP contribution in [0.15, 0.2) is 30.3 Å². The summed E-state index contributed by atoms with van der Waals surface area (Å²) < 4.78 is 5.60. The molecule has 1 aromatic carbocycles. The van der Waals surface area contributed by atoms with Crippen molar-refractivity contribution < 1.29 is 14.6 Å². The van der Waals surface area contributed by atoms with E-state index in [4.69, 9.17) is 4.74 Å². The fourth-order valence-electron chi connectivity index (χ4n) is 1.76. The molecule has 116 valence electrons. The highest BCUT2D eigenvalue weighted by molar-refractivity contribution is 5.91. The second-order valence-corrected chi connectivity index (χ2v) is 5.21. The maximum Gasteiger partial charge on any atom is 0.244 e. The summed E-state index contributed by atoms with van der Waals surface area (Å²) in [4.78, 5) is 11.6. The molecule has 0 heterocycles. The van der Waals surface area contributed by atoms with Gasteiger partial charge in [-0.2, -0.15) is 0 Å². The molecule has 0 bridgehead atoms. The third-order valence-corrected chi connectivity index (χ3v) is 2.91. The molecule has 0 saturated heterocycles. The van der Waals surface area contributed by atoms with Gasteiger partial charge in [0.2, 0.25) is 5.91 Å². The summed E-state index contributed by atoms with van der Waals surface area (Å²) in [6.07, 6.45) is 4.30. The van der Waals surface area contributed by atoms with Crippen molar-refractivity contribution in [1.29, 1.82) is 0 Å². The Morgan fingerprint density at radius 1 is 1.43 bits per heavy atom. The van der Waals surface area contributed by atoms with Crippen LogP contribution >= 0.6 is 0 Å². The van der Waals surface area contributed by atoms with Gasteiger partial charge in [0.15, 0.2) is 0 Å². The molecule has 0 radical (unpaired) electrons. The lowest BCUT2D eigenvalue weighted by atomic mass is 10.2. The molecular weight excluding hydrogens is 266 g/mol. The van der Waals surface area contributed by atoms with Crippen LogP contribution < -0.4 is 10.1 Å². The Morgan fingerprint density at radius 3 is 2.86 bits per heavy atom. The lowest BCUT2D eigenvalue weighted by Gasteiger charge is -2.09. The van der Waals surface area contributed by atoms with Crippen LogP contribution in [0, 0.1) is 0 Å². The Morgan fingerprint density at radius 2 is 2.19 bits per heavy atom. The summed E-state index contributed by atoms with van der Waals surface area (Å²) in [5.74, 6) is 0.632. The zero-order chi connectivity index (χ0) is 15.7. The molecule has 4 heteroatoms. The van der Waals surface area contributed by atoms with Crippen LogP contribution in [0.5, 0.6) is 5.75 Å². The van der Waals surface area contributed by atoms with Gasteiger partial charge in [-0.05, 0) is 50.5 Å². The molecule has 0 aliphatic heterocycles. The molecule has 0 aliphatic carbocycles. The van der Waals surface area contributed by atoms with E-state index in [2.05, 4.69) is 5.32 Å². The van der Waals surface area contributed by atoms with Crippen LogP contribution in [0.1, 0.15) is 39.2 Å². The van der Waals surface area contributed by atoms with E-state index < -0.39 is 0 Å². The number of carbonyl (C=O) groups is 1. The summed E-state index contributed by atoms with van der Waals surface area (Å²) in [5.41, 5.74) is 0.914. The highest BCUT2D eigenvalue weighted by Gasteiger charge is 2.02. The van der Waals surface area contributed by atoms with Crippen molar-refractivity contribution in [3.05, 3.63) is 35.9 Å². The second-order valence-electron chi connectivity index (χ2n) is 5.21. The fourth-order valence-corrected chi connectivity index (χ4v) is 1.76. The van der Waals surface area contributed by atoms with Gasteiger partial charge in [-0.25, -0.2) is 0 Å². The van der Waals surface area contributed by atoms with Crippen molar-refractivity contribution in [2.24, 2.45) is 0 Å². The zero-order valence-corrected chi connectivity index (χ0v) is 13.0. The summed E-state index contributed by atoms with van der Waals surface area (Å²) >= 11 is 0. The smallest absolute Gasteiger partial charge is 0.244 e. The second kappa shape index (κ2) is 9.19. The molecule has 0 fully saturated rings. The van der Waals surface area contributed by atoms with Crippen LogP contribution in [0.4, 0.5) is 0 Å². The van der Waals surface area contributed by atoms with E-state index in [1.165, 1.54) is 6.08 Å². The van der Waals surface area contributed by atoms with Crippen LogP contribution in [0.3, 0.4) is 0 Å². The first-order valence-corrected chi connectivity index (χ1v) is 7.42. The molecule has 0 aromatic heterocycles. The molecule has 0 aliphatic rings. The number of aliphatic hydroxyl groups is 1. The van der Waals surface area contributed by atoms with Crippen molar-refractivity contribution in [2.75, 3.05) is 6.54 Å². The molecule has 1 amide bonds. The van der Waals surface area contributed by atoms with Crippen LogP contribution in [0.2, 0.25) is 0 Å². The van der Waals surface area contributed by atoms with Crippen molar-refractivity contribution >= 4 is 12.0 Å². The van der Waals surface area contributed by atoms with E-state index in [9.17, 15) is 9.90 Å². The number of ether oxygens (including phenoxy) is 1. The molecule has 0 saturated carbocycles. The highest BCUT2D eigenvalue weighted by Crippen LogP contribution is 2.15. The number of carbonyl (C=O) groups excluding carboxylic acids is 1. The SMILES string of the molecule is CCC(O)CCNC(=O)/C=C/c1cccc(OC(C)C)c1. The normalized spacial score (nSPS) is 12.6. The molecule has 2 N–H and O–H groups in total. The standard InChI is InChI=1S/C17H25NO3/c1-4-15(19)10-11-18-17(20)9-8-14-6-5-7-16(12-14)21-13(2)3/h5-9,12-13,15,19H,4,10-11H2,1-3H3,(H,18,20)/b9-8+. The van der Waals surface area contributed by atoms with Crippen molar-refractivity contribution in [1.82, 2.24) is 5.32 Å². The highest BCUT2D eigenvalue weighted by atomic mass is 16.5. The molecule has 1 atom stereocenters. The predicted molar refractivity (Wildman–Crippen MR) is 85.2 cm³/mol. The number of benzene rings is 1. The van der Waals surface area contributed by atoms with E-state index in [1.54, 1.807) is 6.08 Å². The molecule has 0 spiro atoms. The summed E-state index contributed by atoms with van der Waals surface area (Å²) in [5, 5.41) is 12.1. The Balaban J connectivity index is 2.46. The zero-order valence-electron chi connectivity index (χ0n) is 13.0. The number of rotatable bonds is 8. The molecule has 1 aromatic rings. The minimum absolute atomic E-state index is 0.123. The van der Waals surface area contributed by atoms with Crippen LogP contribution in [-0.2, 0) is 4.79 Å². The third kappa shape index (κ3) is 7.51. The van der Waals surface area contributed by atoms with Crippen LogP contribution in [-0.4, -0.2) is 29.8 Å². The molecule has 4 nitrogen and oxygen atoms in total. The van der Waals surface area contributed by atoms with Crippen molar-refractivity contribution in [3.8, 4) is 5.75 Å². The molecule has 21 heavy (non-hydrogen) atoms. The minimum atomic E-state index is -0.348. The lowest BCUT2D eigenvalue weighted by molar-refractivity contribution is -0.116. The Kier molecular flexibility index (Phi) is 7.54. The first-order valence-electron chi connectivity index (χ1n) is 7.42. The summed E-state index contributed by atoms with van der Waals surface area (Å²) in [6.45, 7) is 6.34. The maximum absolute atomic E-state index is 11.6. The Hall–Kier alpha value is -1.81. The monoisotopic (exact) mass is 291 g/mol. The van der Waals surface area contributed by atoms with Gasteiger partial charge >= 0.3 is 0 Å². The first kappa shape index (κ1) is 17.2. The van der Waals surface area contributed by atoms with Gasteiger partial charge in [-0.15, -0.1) is 0 Å². The van der Waals surface area contributed by atoms with Gasteiger partial charge in [0.1, 0.15) is 5.75 Å². The molecular formula is C17H25NO3. The Labute approximate surface area is 126 Å². The quantitative estimate of drug-likeness (QED) is 0.724. The number of hydrogen-bond donors (Lipinski definition) is 2. The van der Waals surface area contributed by atoms with Gasteiger partial charge in [-0.1, -0.05) is 19.1 Å². The van der Waals surface area contributed by atoms with Crippen LogP contribution in [0.25, 0.3) is 6.08 Å². The topological polar surface area (TPSA) is 58.6 Å². The van der Waals surface area contributed by atoms with E-state index in [-0.39, 0.29) is 18.1 Å². The number of nitrogens with one attached hydrogen (secondary N) is 1. The summed E-state index contributed by atoms with van der Waals surface area (Å²) in [6, 6.07) is 7.60. The van der Waals surface area contributed by atoms with E-state index in [1.807, 2.05) is 45.0 Å². The minimum Gasteiger partial charge on any atom is -0.491 e. The maximum atomic E-state index is 11.6. The molecule has 1 unspecified atom stereocenters. The van der Waals surface area contributed by atoms with E-state index in [0.29, 0.717) is 19.4 Å². The van der Waals surface area contributed by atoms with Gasteiger partial charge in [0, 0.05) is 12.6 Å². The first-order chi connectivity index (χ1) is 10.0. The number of amides is 1. The number of aliphatic hydroxyl groups excluding tert-OH is 1. The van der Waals surface area contributed by atoms with Gasteiger partial charge < -0.3 is 15.2 Å². The third-order valence-electron chi connectivity index (χ3n) is 2.91.